The summed E-state index contributed by atoms with van der Waals surface area (Å²) in [5, 5.41) is 9.38. The minimum absolute atomic E-state index is 0.290. The molecule has 0 aliphatic rings. The molecule has 0 saturated carbocycles. The van der Waals surface area contributed by atoms with Gasteiger partial charge < -0.3 is 5.73 Å². The molecule has 0 aliphatic carbocycles. The highest BCUT2D eigenvalue weighted by molar-refractivity contribution is 6.36. The summed E-state index contributed by atoms with van der Waals surface area (Å²) in [7, 11) is 0. The molecule has 3 nitrogen and oxygen atoms in total. The van der Waals surface area contributed by atoms with Crippen LogP contribution in [0.3, 0.4) is 0 Å². The predicted molar refractivity (Wildman–Crippen MR) is 77.8 cm³/mol. The van der Waals surface area contributed by atoms with Crippen molar-refractivity contribution < 1.29 is 4.39 Å². The minimum Gasteiger partial charge on any atom is -0.326 e. The maximum Gasteiger partial charge on any atom is 0.123 e. The Hall–Kier alpha value is -2.04. The van der Waals surface area contributed by atoms with Gasteiger partial charge in [-0.1, -0.05) is 23.7 Å². The van der Waals surface area contributed by atoms with Crippen molar-refractivity contribution in [2.24, 2.45) is 5.73 Å². The van der Waals surface area contributed by atoms with E-state index < -0.39 is 0 Å². The lowest BCUT2D eigenvalue weighted by Gasteiger charge is -2.12. The smallest absolute Gasteiger partial charge is 0.123 e. The Labute approximate surface area is 120 Å². The van der Waals surface area contributed by atoms with Crippen LogP contribution in [0.15, 0.2) is 42.6 Å². The predicted octanol–water partition coefficient (Wildman–Crippen LogP) is 3.55. The third kappa shape index (κ3) is 2.13. The number of nitrogens with two attached hydrogens (primary N) is 1. The maximum absolute atomic E-state index is 13.5. The Morgan fingerprint density at radius 1 is 1.20 bits per heavy atom. The monoisotopic (exact) mass is 287 g/mol. The quantitative estimate of drug-likeness (QED) is 0.784. The first-order chi connectivity index (χ1) is 9.70. The molecule has 0 fully saturated rings. The van der Waals surface area contributed by atoms with Crippen molar-refractivity contribution in [3.8, 4) is 11.1 Å². The molecule has 2 N–H and O–H groups in total. The molecule has 3 aromatic rings. The first kappa shape index (κ1) is 13.0. The second kappa shape index (κ2) is 5.15. The van der Waals surface area contributed by atoms with Crippen LogP contribution in [-0.4, -0.2) is 10.2 Å². The molecule has 20 heavy (non-hydrogen) atoms. The highest BCUT2D eigenvalue weighted by Gasteiger charge is 2.14. The van der Waals surface area contributed by atoms with Gasteiger partial charge in [0.2, 0.25) is 0 Å². The standard InChI is InChI=1S/C15H11ClFN3/c16-13-7-10(8-18)14(9-2-1-3-11(17)6-9)15-12(13)4-5-19-20-15/h1-7H,8,18H2. The van der Waals surface area contributed by atoms with Gasteiger partial charge in [0.25, 0.3) is 0 Å². The highest BCUT2D eigenvalue weighted by Crippen LogP contribution is 2.35. The van der Waals surface area contributed by atoms with Crippen LogP contribution in [0.25, 0.3) is 22.0 Å². The lowest BCUT2D eigenvalue weighted by Crippen LogP contribution is -2.01. The van der Waals surface area contributed by atoms with Crippen LogP contribution in [-0.2, 0) is 6.54 Å². The van der Waals surface area contributed by atoms with E-state index in [1.54, 1.807) is 24.4 Å². The molecule has 0 radical (unpaired) electrons. The summed E-state index contributed by atoms with van der Waals surface area (Å²) in [6.45, 7) is 0.290. The number of halogens is 2. The maximum atomic E-state index is 13.5. The van der Waals surface area contributed by atoms with E-state index in [4.69, 9.17) is 17.3 Å². The average Bonchev–Trinajstić information content (AvgIpc) is 2.47. The van der Waals surface area contributed by atoms with E-state index in [0.29, 0.717) is 16.1 Å². The second-order valence-electron chi connectivity index (χ2n) is 4.40. The zero-order valence-corrected chi connectivity index (χ0v) is 11.2. The Bertz CT molecular complexity index is 789. The van der Waals surface area contributed by atoms with E-state index in [0.717, 1.165) is 16.5 Å². The Morgan fingerprint density at radius 2 is 2.05 bits per heavy atom. The van der Waals surface area contributed by atoms with E-state index >= 15 is 0 Å². The van der Waals surface area contributed by atoms with E-state index in [-0.39, 0.29) is 12.4 Å². The lowest BCUT2D eigenvalue weighted by atomic mass is 9.96. The van der Waals surface area contributed by atoms with Crippen molar-refractivity contribution >= 4 is 22.5 Å². The summed E-state index contributed by atoms with van der Waals surface area (Å²) in [5.74, 6) is -0.308. The van der Waals surface area contributed by atoms with Gasteiger partial charge in [-0.2, -0.15) is 5.10 Å². The summed E-state index contributed by atoms with van der Waals surface area (Å²) in [4.78, 5) is 0. The average molecular weight is 288 g/mol. The van der Waals surface area contributed by atoms with E-state index in [9.17, 15) is 4.39 Å². The van der Waals surface area contributed by atoms with Crippen molar-refractivity contribution in [2.75, 3.05) is 0 Å². The molecule has 2 aromatic carbocycles. The van der Waals surface area contributed by atoms with Gasteiger partial charge in [-0.3, -0.25) is 0 Å². The van der Waals surface area contributed by atoms with Gasteiger partial charge in [0.15, 0.2) is 0 Å². The summed E-state index contributed by atoms with van der Waals surface area (Å²) < 4.78 is 13.5. The Morgan fingerprint density at radius 3 is 2.80 bits per heavy atom. The van der Waals surface area contributed by atoms with E-state index in [1.807, 2.05) is 6.07 Å². The molecule has 0 atom stereocenters. The molecule has 5 heteroatoms. The van der Waals surface area contributed by atoms with Gasteiger partial charge in [-0.15, -0.1) is 5.10 Å². The Kier molecular flexibility index (Phi) is 3.34. The summed E-state index contributed by atoms with van der Waals surface area (Å²) in [6.07, 6.45) is 1.58. The molecule has 0 spiro atoms. The molecule has 1 heterocycles. The number of rotatable bonds is 2. The van der Waals surface area contributed by atoms with Crippen LogP contribution < -0.4 is 5.73 Å². The largest absolute Gasteiger partial charge is 0.326 e. The Balaban J connectivity index is 2.41. The number of benzene rings is 2. The van der Waals surface area contributed by atoms with Crippen LogP contribution in [0.2, 0.25) is 5.02 Å². The molecule has 0 aliphatic heterocycles. The zero-order chi connectivity index (χ0) is 14.1. The normalized spacial score (nSPS) is 10.9. The van der Waals surface area contributed by atoms with Crippen LogP contribution in [0, 0.1) is 5.82 Å². The summed E-state index contributed by atoms with van der Waals surface area (Å²) >= 11 is 6.23. The molecular weight excluding hydrogens is 277 g/mol. The van der Waals surface area contributed by atoms with Crippen LogP contribution in [0.1, 0.15) is 5.56 Å². The number of aromatic nitrogens is 2. The fourth-order valence-corrected chi connectivity index (χ4v) is 2.58. The molecule has 3 rings (SSSR count). The fraction of sp³-hybridized carbons (Fsp3) is 0.0667. The van der Waals surface area contributed by atoms with Crippen molar-refractivity contribution in [2.45, 2.75) is 6.54 Å². The third-order valence-electron chi connectivity index (χ3n) is 3.17. The van der Waals surface area contributed by atoms with Gasteiger partial charge in [0.1, 0.15) is 11.3 Å². The molecule has 0 amide bonds. The molecule has 100 valence electrons. The van der Waals surface area contributed by atoms with Gasteiger partial charge in [0, 0.05) is 17.5 Å². The first-order valence-corrected chi connectivity index (χ1v) is 6.47. The van der Waals surface area contributed by atoms with Crippen molar-refractivity contribution in [3.05, 3.63) is 59.0 Å². The van der Waals surface area contributed by atoms with Gasteiger partial charge in [-0.05, 0) is 35.4 Å². The van der Waals surface area contributed by atoms with Gasteiger partial charge in [0.05, 0.1) is 11.2 Å². The highest BCUT2D eigenvalue weighted by atomic mass is 35.5. The topological polar surface area (TPSA) is 51.8 Å². The number of fused-ring (bicyclic) bond motifs is 1. The molecule has 0 unspecified atom stereocenters. The number of hydrogen-bond acceptors (Lipinski definition) is 3. The van der Waals surface area contributed by atoms with Crippen LogP contribution >= 0.6 is 11.6 Å². The van der Waals surface area contributed by atoms with Crippen LogP contribution in [0.5, 0.6) is 0 Å². The molecule has 0 saturated heterocycles. The number of nitrogens with zero attached hydrogens (tertiary/aromatic N) is 2. The fourth-order valence-electron chi connectivity index (χ4n) is 2.29. The summed E-state index contributed by atoms with van der Waals surface area (Å²) in [6, 6.07) is 9.91. The van der Waals surface area contributed by atoms with Crippen molar-refractivity contribution in [1.82, 2.24) is 10.2 Å². The SMILES string of the molecule is NCc1cc(Cl)c2ccnnc2c1-c1cccc(F)c1. The molecule has 1 aromatic heterocycles. The van der Waals surface area contributed by atoms with Gasteiger partial charge in [-0.25, -0.2) is 4.39 Å². The molecule has 0 bridgehead atoms. The van der Waals surface area contributed by atoms with Crippen molar-refractivity contribution in [1.29, 1.82) is 0 Å². The minimum atomic E-state index is -0.308. The van der Waals surface area contributed by atoms with Crippen LogP contribution in [0.4, 0.5) is 4.39 Å². The molecular formula is C15H11ClFN3. The van der Waals surface area contributed by atoms with Gasteiger partial charge >= 0.3 is 0 Å². The van der Waals surface area contributed by atoms with E-state index in [1.165, 1.54) is 12.1 Å². The lowest BCUT2D eigenvalue weighted by molar-refractivity contribution is 0.628. The number of hydrogen-bond donors (Lipinski definition) is 1. The van der Waals surface area contributed by atoms with E-state index in [2.05, 4.69) is 10.2 Å². The summed E-state index contributed by atoms with van der Waals surface area (Å²) in [5.41, 5.74) is 8.72. The third-order valence-corrected chi connectivity index (χ3v) is 3.48. The first-order valence-electron chi connectivity index (χ1n) is 6.09. The second-order valence-corrected chi connectivity index (χ2v) is 4.81. The zero-order valence-electron chi connectivity index (χ0n) is 10.5. The van der Waals surface area contributed by atoms with Crippen molar-refractivity contribution in [3.63, 3.8) is 0 Å².